The number of rotatable bonds is 3. The summed E-state index contributed by atoms with van der Waals surface area (Å²) in [6.07, 6.45) is -3.29. The number of alkyl halides is 3. The molecule has 3 aromatic rings. The van der Waals surface area contributed by atoms with Crippen LogP contribution in [0.15, 0.2) is 35.0 Å². The molecule has 1 aromatic carbocycles. The standard InChI is InChI=1S/C17H17F3N4O2/c1-16(2,3)11-8-10(4-5-12(11)25)15-21-14(23-26-15)9-24-7-6-13(22-24)17(18,19)20/h4-8,25H,9H2,1-3H3. The monoisotopic (exact) mass is 366 g/mol. The molecule has 0 saturated carbocycles. The summed E-state index contributed by atoms with van der Waals surface area (Å²) in [6.45, 7) is 5.83. The number of hydrogen-bond acceptors (Lipinski definition) is 5. The number of phenols is 1. The summed E-state index contributed by atoms with van der Waals surface area (Å²) in [4.78, 5) is 4.20. The lowest BCUT2D eigenvalue weighted by atomic mass is 9.85. The number of aromatic nitrogens is 4. The van der Waals surface area contributed by atoms with Crippen LogP contribution in [-0.4, -0.2) is 25.0 Å². The van der Waals surface area contributed by atoms with Crippen molar-refractivity contribution in [1.82, 2.24) is 19.9 Å². The van der Waals surface area contributed by atoms with Crippen LogP contribution in [0.1, 0.15) is 37.9 Å². The Kier molecular flexibility index (Phi) is 4.25. The zero-order chi connectivity index (χ0) is 19.1. The van der Waals surface area contributed by atoms with Gasteiger partial charge in [0, 0.05) is 17.3 Å². The Labute approximate surface area is 147 Å². The number of halogens is 3. The van der Waals surface area contributed by atoms with Gasteiger partial charge in [0.05, 0.1) is 0 Å². The quantitative estimate of drug-likeness (QED) is 0.758. The molecule has 0 aliphatic carbocycles. The van der Waals surface area contributed by atoms with Crippen molar-refractivity contribution < 1.29 is 22.8 Å². The van der Waals surface area contributed by atoms with Gasteiger partial charge in [0.15, 0.2) is 11.5 Å². The van der Waals surface area contributed by atoms with Crippen LogP contribution in [0, 0.1) is 0 Å². The molecule has 0 atom stereocenters. The molecule has 0 bridgehead atoms. The Balaban J connectivity index is 1.83. The van der Waals surface area contributed by atoms with Gasteiger partial charge in [-0.1, -0.05) is 25.9 Å². The highest BCUT2D eigenvalue weighted by Crippen LogP contribution is 2.34. The van der Waals surface area contributed by atoms with Crippen molar-refractivity contribution in [3.05, 3.63) is 47.5 Å². The minimum Gasteiger partial charge on any atom is -0.508 e. The van der Waals surface area contributed by atoms with Gasteiger partial charge in [-0.15, -0.1) is 0 Å². The molecule has 1 N–H and O–H groups in total. The smallest absolute Gasteiger partial charge is 0.435 e. The summed E-state index contributed by atoms with van der Waals surface area (Å²) in [7, 11) is 0. The topological polar surface area (TPSA) is 77.0 Å². The van der Waals surface area contributed by atoms with E-state index in [1.54, 1.807) is 18.2 Å². The van der Waals surface area contributed by atoms with E-state index in [2.05, 4.69) is 15.2 Å². The number of hydrogen-bond donors (Lipinski definition) is 1. The van der Waals surface area contributed by atoms with Gasteiger partial charge in [0.2, 0.25) is 0 Å². The fourth-order valence-corrected chi connectivity index (χ4v) is 2.45. The molecule has 0 spiro atoms. The van der Waals surface area contributed by atoms with Crippen LogP contribution < -0.4 is 0 Å². The van der Waals surface area contributed by atoms with Gasteiger partial charge >= 0.3 is 6.18 Å². The summed E-state index contributed by atoms with van der Waals surface area (Å²) in [5.41, 5.74) is 0.0700. The van der Waals surface area contributed by atoms with Crippen molar-refractivity contribution in [3.63, 3.8) is 0 Å². The fourth-order valence-electron chi connectivity index (χ4n) is 2.45. The third kappa shape index (κ3) is 3.71. The summed E-state index contributed by atoms with van der Waals surface area (Å²) in [5, 5.41) is 17.3. The molecular weight excluding hydrogens is 349 g/mol. The normalized spacial score (nSPS) is 12.5. The molecule has 2 aromatic heterocycles. The molecule has 0 radical (unpaired) electrons. The number of nitrogens with zero attached hydrogens (tertiary/aromatic N) is 4. The van der Waals surface area contributed by atoms with Crippen LogP contribution in [0.25, 0.3) is 11.5 Å². The first-order valence-electron chi connectivity index (χ1n) is 7.81. The van der Waals surface area contributed by atoms with Crippen molar-refractivity contribution >= 4 is 0 Å². The third-order valence-corrected chi connectivity index (χ3v) is 3.75. The predicted molar refractivity (Wildman–Crippen MR) is 86.4 cm³/mol. The fraction of sp³-hybridized carbons (Fsp3) is 0.353. The number of aromatic hydroxyl groups is 1. The van der Waals surface area contributed by atoms with Gasteiger partial charge in [-0.2, -0.15) is 23.3 Å². The molecule has 6 nitrogen and oxygen atoms in total. The molecule has 0 fully saturated rings. The van der Waals surface area contributed by atoms with Crippen LogP contribution in [0.3, 0.4) is 0 Å². The highest BCUT2D eigenvalue weighted by atomic mass is 19.4. The Hall–Kier alpha value is -2.84. The molecule has 9 heteroatoms. The molecule has 0 aliphatic heterocycles. The van der Waals surface area contributed by atoms with Crippen LogP contribution in [0.5, 0.6) is 5.75 Å². The van der Waals surface area contributed by atoms with Crippen LogP contribution >= 0.6 is 0 Å². The second kappa shape index (κ2) is 6.15. The van der Waals surface area contributed by atoms with E-state index >= 15 is 0 Å². The predicted octanol–water partition coefficient (Wildman–Crippen LogP) is 4.00. The van der Waals surface area contributed by atoms with Crippen molar-refractivity contribution in [1.29, 1.82) is 0 Å². The summed E-state index contributed by atoms with van der Waals surface area (Å²) < 4.78 is 44.0. The molecule has 0 amide bonds. The molecule has 0 aliphatic rings. The van der Waals surface area contributed by atoms with E-state index in [0.717, 1.165) is 16.3 Å². The van der Waals surface area contributed by atoms with E-state index in [-0.39, 0.29) is 29.4 Å². The zero-order valence-corrected chi connectivity index (χ0v) is 14.4. The van der Waals surface area contributed by atoms with Gasteiger partial charge in [0.1, 0.15) is 12.3 Å². The van der Waals surface area contributed by atoms with Gasteiger partial charge in [0.25, 0.3) is 5.89 Å². The minimum atomic E-state index is -4.50. The maximum Gasteiger partial charge on any atom is 0.435 e. The second-order valence-electron chi connectivity index (χ2n) is 6.89. The first-order valence-corrected chi connectivity index (χ1v) is 7.81. The maximum atomic E-state index is 12.6. The van der Waals surface area contributed by atoms with Crippen LogP contribution in [0.2, 0.25) is 0 Å². The molecular formula is C17H17F3N4O2. The summed E-state index contributed by atoms with van der Waals surface area (Å²) in [6, 6.07) is 5.82. The molecule has 26 heavy (non-hydrogen) atoms. The van der Waals surface area contributed by atoms with E-state index in [9.17, 15) is 18.3 Å². The van der Waals surface area contributed by atoms with E-state index in [4.69, 9.17) is 4.52 Å². The number of phenolic OH excluding ortho intramolecular Hbond substituents is 1. The lowest BCUT2D eigenvalue weighted by Gasteiger charge is -2.20. The maximum absolute atomic E-state index is 12.6. The molecule has 0 unspecified atom stereocenters. The Bertz CT molecular complexity index is 923. The number of benzene rings is 1. The van der Waals surface area contributed by atoms with E-state index in [1.807, 2.05) is 20.8 Å². The first kappa shape index (κ1) is 18.0. The van der Waals surface area contributed by atoms with E-state index < -0.39 is 11.9 Å². The molecule has 2 heterocycles. The average Bonchev–Trinajstić information content (AvgIpc) is 3.16. The Morgan fingerprint density at radius 2 is 1.88 bits per heavy atom. The van der Waals surface area contributed by atoms with Crippen LogP contribution in [-0.2, 0) is 18.1 Å². The average molecular weight is 366 g/mol. The van der Waals surface area contributed by atoms with Crippen LogP contribution in [0.4, 0.5) is 13.2 Å². The summed E-state index contributed by atoms with van der Waals surface area (Å²) >= 11 is 0. The first-order chi connectivity index (χ1) is 12.0. The zero-order valence-electron chi connectivity index (χ0n) is 14.4. The minimum absolute atomic E-state index is 0.0518. The lowest BCUT2D eigenvalue weighted by Crippen LogP contribution is -2.11. The second-order valence-corrected chi connectivity index (χ2v) is 6.89. The van der Waals surface area contributed by atoms with E-state index in [1.165, 1.54) is 6.20 Å². The molecule has 3 rings (SSSR count). The van der Waals surface area contributed by atoms with Gasteiger partial charge in [-0.3, -0.25) is 4.68 Å². The van der Waals surface area contributed by atoms with Crippen molar-refractivity contribution in [2.24, 2.45) is 0 Å². The van der Waals surface area contributed by atoms with Gasteiger partial charge in [-0.05, 0) is 29.7 Å². The highest BCUT2D eigenvalue weighted by molar-refractivity contribution is 5.58. The lowest BCUT2D eigenvalue weighted by molar-refractivity contribution is -0.141. The summed E-state index contributed by atoms with van der Waals surface area (Å²) in [5.74, 6) is 0.577. The van der Waals surface area contributed by atoms with Gasteiger partial charge < -0.3 is 9.63 Å². The SMILES string of the molecule is CC(C)(C)c1cc(-c2nc(Cn3ccc(C(F)(F)F)n3)no2)ccc1O. The molecule has 0 saturated heterocycles. The largest absolute Gasteiger partial charge is 0.508 e. The van der Waals surface area contributed by atoms with Gasteiger partial charge in [-0.25, -0.2) is 0 Å². The van der Waals surface area contributed by atoms with Crippen molar-refractivity contribution in [3.8, 4) is 17.2 Å². The third-order valence-electron chi connectivity index (χ3n) is 3.75. The Morgan fingerprint density at radius 3 is 2.50 bits per heavy atom. The van der Waals surface area contributed by atoms with Crippen molar-refractivity contribution in [2.75, 3.05) is 0 Å². The van der Waals surface area contributed by atoms with Crippen molar-refractivity contribution in [2.45, 2.75) is 38.9 Å². The van der Waals surface area contributed by atoms with E-state index in [0.29, 0.717) is 5.56 Å². The molecule has 138 valence electrons. The Morgan fingerprint density at radius 1 is 1.15 bits per heavy atom. The highest BCUT2D eigenvalue weighted by Gasteiger charge is 2.33.